The Morgan fingerprint density at radius 2 is 1.94 bits per heavy atom. The summed E-state index contributed by atoms with van der Waals surface area (Å²) in [6.45, 7) is 11.7. The molecule has 0 fully saturated rings. The SMILES string of the molecule is CC(C)=CCNC(C)c1ccc(C)c(C)c1. The molecule has 0 saturated heterocycles. The van der Waals surface area contributed by atoms with Crippen molar-refractivity contribution in [3.05, 3.63) is 46.5 Å². The summed E-state index contributed by atoms with van der Waals surface area (Å²) in [5.41, 5.74) is 5.46. The molecule has 1 aromatic rings. The third kappa shape index (κ3) is 3.82. The molecule has 0 aliphatic rings. The fourth-order valence-electron chi connectivity index (χ4n) is 1.59. The highest BCUT2D eigenvalue weighted by Crippen LogP contribution is 2.16. The molecular formula is C15H23N. The molecule has 88 valence electrons. The molecule has 0 aliphatic heterocycles. The second kappa shape index (κ2) is 5.86. The van der Waals surface area contributed by atoms with Gasteiger partial charge in [-0.25, -0.2) is 0 Å². The Balaban J connectivity index is 2.62. The van der Waals surface area contributed by atoms with Crippen LogP contribution in [-0.2, 0) is 0 Å². The van der Waals surface area contributed by atoms with E-state index in [2.05, 4.69) is 64.2 Å². The van der Waals surface area contributed by atoms with Crippen molar-refractivity contribution in [2.75, 3.05) is 6.54 Å². The first-order valence-electron chi connectivity index (χ1n) is 5.94. The Morgan fingerprint density at radius 3 is 2.50 bits per heavy atom. The first-order valence-corrected chi connectivity index (χ1v) is 5.94. The lowest BCUT2D eigenvalue weighted by molar-refractivity contribution is 0.615. The number of benzene rings is 1. The Kier molecular flexibility index (Phi) is 4.75. The minimum absolute atomic E-state index is 0.412. The minimum Gasteiger partial charge on any atom is -0.307 e. The first kappa shape index (κ1) is 13.0. The zero-order chi connectivity index (χ0) is 12.1. The molecule has 1 aromatic carbocycles. The predicted molar refractivity (Wildman–Crippen MR) is 71.8 cm³/mol. The van der Waals surface area contributed by atoms with Crippen LogP contribution < -0.4 is 5.32 Å². The predicted octanol–water partition coefficient (Wildman–Crippen LogP) is 3.92. The molecule has 0 amide bonds. The summed E-state index contributed by atoms with van der Waals surface area (Å²) in [6.07, 6.45) is 2.22. The number of hydrogen-bond donors (Lipinski definition) is 1. The van der Waals surface area contributed by atoms with Gasteiger partial charge in [-0.1, -0.05) is 29.8 Å². The number of rotatable bonds is 4. The van der Waals surface area contributed by atoms with Gasteiger partial charge < -0.3 is 5.32 Å². The highest BCUT2D eigenvalue weighted by molar-refractivity contribution is 5.31. The van der Waals surface area contributed by atoms with Crippen LogP contribution in [0.15, 0.2) is 29.8 Å². The molecule has 16 heavy (non-hydrogen) atoms. The summed E-state index contributed by atoms with van der Waals surface area (Å²) in [5, 5.41) is 3.50. The minimum atomic E-state index is 0.412. The molecule has 1 unspecified atom stereocenters. The van der Waals surface area contributed by atoms with Gasteiger partial charge in [0.25, 0.3) is 0 Å². The summed E-state index contributed by atoms with van der Waals surface area (Å²) in [4.78, 5) is 0. The molecule has 1 N–H and O–H groups in total. The Labute approximate surface area is 99.6 Å². The van der Waals surface area contributed by atoms with Gasteiger partial charge >= 0.3 is 0 Å². The third-order valence-corrected chi connectivity index (χ3v) is 2.97. The number of nitrogens with one attached hydrogen (secondary N) is 1. The van der Waals surface area contributed by atoms with Crippen molar-refractivity contribution in [2.45, 2.75) is 40.7 Å². The molecule has 1 rings (SSSR count). The van der Waals surface area contributed by atoms with E-state index in [1.54, 1.807) is 0 Å². The number of allylic oxidation sites excluding steroid dienone is 1. The number of hydrogen-bond acceptors (Lipinski definition) is 1. The lowest BCUT2D eigenvalue weighted by Gasteiger charge is -2.14. The van der Waals surface area contributed by atoms with Crippen LogP contribution in [0.3, 0.4) is 0 Å². The van der Waals surface area contributed by atoms with Crippen LogP contribution >= 0.6 is 0 Å². The molecule has 0 aliphatic carbocycles. The monoisotopic (exact) mass is 217 g/mol. The third-order valence-electron chi connectivity index (χ3n) is 2.97. The van der Waals surface area contributed by atoms with E-state index in [1.165, 1.54) is 22.3 Å². The van der Waals surface area contributed by atoms with Crippen LogP contribution in [0.4, 0.5) is 0 Å². The normalized spacial score (nSPS) is 12.3. The second-order valence-corrected chi connectivity index (χ2v) is 4.76. The molecular weight excluding hydrogens is 194 g/mol. The molecule has 0 bridgehead atoms. The fourth-order valence-corrected chi connectivity index (χ4v) is 1.59. The zero-order valence-corrected chi connectivity index (χ0v) is 11.1. The maximum Gasteiger partial charge on any atom is 0.0294 e. The van der Waals surface area contributed by atoms with E-state index < -0.39 is 0 Å². The summed E-state index contributed by atoms with van der Waals surface area (Å²) < 4.78 is 0. The topological polar surface area (TPSA) is 12.0 Å². The van der Waals surface area contributed by atoms with Gasteiger partial charge in [0, 0.05) is 12.6 Å². The lowest BCUT2D eigenvalue weighted by atomic mass is 10.0. The zero-order valence-electron chi connectivity index (χ0n) is 11.1. The van der Waals surface area contributed by atoms with Crippen molar-refractivity contribution in [1.29, 1.82) is 0 Å². The quantitative estimate of drug-likeness (QED) is 0.754. The van der Waals surface area contributed by atoms with E-state index in [-0.39, 0.29) is 0 Å². The van der Waals surface area contributed by atoms with E-state index in [4.69, 9.17) is 0 Å². The molecule has 1 heteroatoms. The van der Waals surface area contributed by atoms with Gasteiger partial charge in [0.2, 0.25) is 0 Å². The van der Waals surface area contributed by atoms with Gasteiger partial charge in [-0.3, -0.25) is 0 Å². The summed E-state index contributed by atoms with van der Waals surface area (Å²) in [7, 11) is 0. The standard InChI is InChI=1S/C15H23N/c1-11(2)8-9-16-14(5)15-7-6-12(3)13(4)10-15/h6-8,10,14,16H,9H2,1-5H3. The molecule has 0 spiro atoms. The molecule has 0 heterocycles. The van der Waals surface area contributed by atoms with Crippen molar-refractivity contribution >= 4 is 0 Å². The molecule has 1 nitrogen and oxygen atoms in total. The van der Waals surface area contributed by atoms with E-state index >= 15 is 0 Å². The van der Waals surface area contributed by atoms with Crippen LogP contribution in [0, 0.1) is 13.8 Å². The Bertz CT molecular complexity index is 373. The van der Waals surface area contributed by atoms with Crippen molar-refractivity contribution < 1.29 is 0 Å². The van der Waals surface area contributed by atoms with E-state index in [9.17, 15) is 0 Å². The molecule has 0 saturated carbocycles. The van der Waals surface area contributed by atoms with Crippen molar-refractivity contribution in [1.82, 2.24) is 5.32 Å². The average Bonchev–Trinajstić information content (AvgIpc) is 2.21. The molecule has 1 atom stereocenters. The molecule has 0 radical (unpaired) electrons. The van der Waals surface area contributed by atoms with Gasteiger partial charge in [0.1, 0.15) is 0 Å². The number of aryl methyl sites for hydroxylation is 2. The fraction of sp³-hybridized carbons (Fsp3) is 0.467. The van der Waals surface area contributed by atoms with Crippen molar-refractivity contribution in [2.24, 2.45) is 0 Å². The summed E-state index contributed by atoms with van der Waals surface area (Å²) in [5.74, 6) is 0. The van der Waals surface area contributed by atoms with Gasteiger partial charge in [-0.15, -0.1) is 0 Å². The summed E-state index contributed by atoms with van der Waals surface area (Å²) in [6, 6.07) is 7.09. The smallest absolute Gasteiger partial charge is 0.0294 e. The largest absolute Gasteiger partial charge is 0.307 e. The van der Waals surface area contributed by atoms with Crippen LogP contribution in [-0.4, -0.2) is 6.54 Å². The van der Waals surface area contributed by atoms with Crippen molar-refractivity contribution in [3.63, 3.8) is 0 Å². The Morgan fingerprint density at radius 1 is 1.25 bits per heavy atom. The van der Waals surface area contributed by atoms with Crippen LogP contribution in [0.25, 0.3) is 0 Å². The summed E-state index contributed by atoms with van der Waals surface area (Å²) >= 11 is 0. The van der Waals surface area contributed by atoms with Gasteiger partial charge in [-0.2, -0.15) is 0 Å². The van der Waals surface area contributed by atoms with Crippen molar-refractivity contribution in [3.8, 4) is 0 Å². The highest BCUT2D eigenvalue weighted by Gasteiger charge is 2.04. The maximum absolute atomic E-state index is 3.50. The van der Waals surface area contributed by atoms with Gasteiger partial charge in [0.15, 0.2) is 0 Å². The maximum atomic E-state index is 3.50. The Hall–Kier alpha value is -1.08. The first-order chi connectivity index (χ1) is 7.50. The van der Waals surface area contributed by atoms with E-state index in [0.29, 0.717) is 6.04 Å². The lowest BCUT2D eigenvalue weighted by Crippen LogP contribution is -2.18. The average molecular weight is 217 g/mol. The second-order valence-electron chi connectivity index (χ2n) is 4.76. The van der Waals surface area contributed by atoms with Gasteiger partial charge in [0.05, 0.1) is 0 Å². The van der Waals surface area contributed by atoms with Gasteiger partial charge in [-0.05, 0) is 51.3 Å². The van der Waals surface area contributed by atoms with Crippen LogP contribution in [0.2, 0.25) is 0 Å². The van der Waals surface area contributed by atoms with E-state index in [0.717, 1.165) is 6.54 Å². The van der Waals surface area contributed by atoms with Crippen LogP contribution in [0.5, 0.6) is 0 Å². The molecule has 0 aromatic heterocycles. The highest BCUT2D eigenvalue weighted by atomic mass is 14.9. The van der Waals surface area contributed by atoms with E-state index in [1.807, 2.05) is 0 Å². The van der Waals surface area contributed by atoms with Crippen LogP contribution in [0.1, 0.15) is 43.5 Å².